The number of benzene rings is 2. The third-order valence-electron chi connectivity index (χ3n) is 4.74. The number of carbonyl (C=O) groups is 2. The van der Waals surface area contributed by atoms with Crippen LogP contribution in [0, 0.1) is 20.2 Å². The second kappa shape index (κ2) is 7.67. The van der Waals surface area contributed by atoms with Crippen molar-refractivity contribution in [3.63, 3.8) is 0 Å². The molecule has 3 aromatic rings. The van der Waals surface area contributed by atoms with Gasteiger partial charge in [0.25, 0.3) is 17.5 Å². The number of aromatic nitrogens is 2. The van der Waals surface area contributed by atoms with Gasteiger partial charge in [-0.05, 0) is 11.6 Å². The second-order valence-corrected chi connectivity index (χ2v) is 6.60. The Morgan fingerprint density at radius 3 is 2.32 bits per heavy atom. The molecule has 4 rings (SSSR count). The van der Waals surface area contributed by atoms with Gasteiger partial charge in [0.05, 0.1) is 22.2 Å². The summed E-state index contributed by atoms with van der Waals surface area (Å²) in [5.41, 5.74) is -0.792. The first kappa shape index (κ1) is 19.7. The molecule has 1 aliphatic heterocycles. The Morgan fingerprint density at radius 2 is 1.71 bits per heavy atom. The average Bonchev–Trinajstić information content (AvgIpc) is 3.37. The fourth-order valence-corrected chi connectivity index (χ4v) is 3.44. The Balaban J connectivity index is 1.90. The van der Waals surface area contributed by atoms with Crippen molar-refractivity contribution in [3.8, 4) is 0 Å². The van der Waals surface area contributed by atoms with Crippen molar-refractivity contribution in [3.05, 3.63) is 93.0 Å². The van der Waals surface area contributed by atoms with Crippen molar-refractivity contribution < 1.29 is 19.4 Å². The number of carbonyl (C=O) groups excluding carboxylic acids is 2. The number of hydrogen-bond acceptors (Lipinski definition) is 7. The van der Waals surface area contributed by atoms with Crippen LogP contribution in [0.3, 0.4) is 0 Å². The summed E-state index contributed by atoms with van der Waals surface area (Å²) in [6.45, 7) is 0. The van der Waals surface area contributed by atoms with Crippen LogP contribution in [0.25, 0.3) is 0 Å². The fraction of sp³-hybridized carbons (Fsp3) is 0.105. The van der Waals surface area contributed by atoms with Crippen LogP contribution in [0.2, 0.25) is 0 Å². The van der Waals surface area contributed by atoms with Gasteiger partial charge in [-0.1, -0.05) is 30.3 Å². The molecule has 0 saturated carbocycles. The van der Waals surface area contributed by atoms with E-state index in [0.29, 0.717) is 5.56 Å². The molecular weight excluding hydrogens is 408 g/mol. The highest BCUT2D eigenvalue weighted by molar-refractivity contribution is 6.12. The van der Waals surface area contributed by atoms with E-state index < -0.39 is 45.6 Å². The van der Waals surface area contributed by atoms with Crippen LogP contribution >= 0.6 is 0 Å². The number of imidazole rings is 1. The SMILES string of the molecule is O=C1CC(=O)N(C(c2ccccc2)n2ccnc2)N1c1ccc([N+](=O)[O-])cc1[N+](=O)[O-]. The maximum atomic E-state index is 12.9. The molecule has 1 atom stereocenters. The lowest BCUT2D eigenvalue weighted by molar-refractivity contribution is -0.393. The highest BCUT2D eigenvalue weighted by atomic mass is 16.6. The van der Waals surface area contributed by atoms with Crippen molar-refractivity contribution in [2.24, 2.45) is 0 Å². The molecule has 0 N–H and O–H groups in total. The summed E-state index contributed by atoms with van der Waals surface area (Å²) in [5, 5.41) is 24.7. The molecule has 2 amide bonds. The molecule has 1 saturated heterocycles. The zero-order valence-corrected chi connectivity index (χ0v) is 15.8. The lowest BCUT2D eigenvalue weighted by atomic mass is 10.1. The summed E-state index contributed by atoms with van der Waals surface area (Å²) in [5.74, 6) is -1.27. The smallest absolute Gasteiger partial charge is 0.301 e. The van der Waals surface area contributed by atoms with Crippen LogP contribution < -0.4 is 5.01 Å². The summed E-state index contributed by atoms with van der Waals surface area (Å²) in [6, 6.07) is 11.7. The summed E-state index contributed by atoms with van der Waals surface area (Å²) in [7, 11) is 0. The summed E-state index contributed by atoms with van der Waals surface area (Å²) < 4.78 is 1.58. The quantitative estimate of drug-likeness (QED) is 0.337. The van der Waals surface area contributed by atoms with E-state index in [1.54, 1.807) is 41.1 Å². The van der Waals surface area contributed by atoms with Gasteiger partial charge < -0.3 is 4.57 Å². The van der Waals surface area contributed by atoms with Gasteiger partial charge in [0, 0.05) is 18.5 Å². The largest absolute Gasteiger partial charge is 0.311 e. The molecule has 0 aliphatic carbocycles. The molecule has 12 nitrogen and oxygen atoms in total. The third kappa shape index (κ3) is 3.46. The lowest BCUT2D eigenvalue weighted by Crippen LogP contribution is -2.46. The fourth-order valence-electron chi connectivity index (χ4n) is 3.44. The van der Waals surface area contributed by atoms with E-state index in [0.717, 1.165) is 28.2 Å². The van der Waals surface area contributed by atoms with Gasteiger partial charge in [-0.15, -0.1) is 0 Å². The predicted octanol–water partition coefficient (Wildman–Crippen LogP) is 2.43. The highest BCUT2D eigenvalue weighted by Crippen LogP contribution is 2.39. The highest BCUT2D eigenvalue weighted by Gasteiger charge is 2.45. The normalized spacial score (nSPS) is 14.7. The number of non-ortho nitro benzene ring substituents is 1. The molecule has 12 heteroatoms. The standard InChI is InChI=1S/C19H14N6O6/c26-17-11-18(27)23(19(21-9-8-20-12-21)13-4-2-1-3-5-13)22(17)15-7-6-14(24(28)29)10-16(15)25(30)31/h1-10,12,19H,11H2. The Labute approximate surface area is 174 Å². The van der Waals surface area contributed by atoms with E-state index in [2.05, 4.69) is 4.98 Å². The number of hydrazine groups is 1. The Hall–Kier alpha value is -4.61. The Bertz CT molecular complexity index is 1180. The first-order chi connectivity index (χ1) is 14.9. The van der Waals surface area contributed by atoms with E-state index >= 15 is 0 Å². The Kier molecular flexibility index (Phi) is 4.87. The number of nitro benzene ring substituents is 2. The van der Waals surface area contributed by atoms with Crippen molar-refractivity contribution >= 4 is 28.9 Å². The molecular formula is C19H14N6O6. The molecule has 2 heterocycles. The number of nitrogens with zero attached hydrogens (tertiary/aromatic N) is 6. The van der Waals surface area contributed by atoms with Gasteiger partial charge >= 0.3 is 5.69 Å². The summed E-state index contributed by atoms with van der Waals surface area (Å²) >= 11 is 0. The van der Waals surface area contributed by atoms with Crippen molar-refractivity contribution in [1.29, 1.82) is 0 Å². The van der Waals surface area contributed by atoms with Gasteiger partial charge in [-0.2, -0.15) is 0 Å². The van der Waals surface area contributed by atoms with E-state index in [1.807, 2.05) is 0 Å². The molecule has 1 aliphatic rings. The monoisotopic (exact) mass is 422 g/mol. The maximum absolute atomic E-state index is 12.9. The predicted molar refractivity (Wildman–Crippen MR) is 106 cm³/mol. The van der Waals surface area contributed by atoms with Gasteiger partial charge in [0.15, 0.2) is 6.17 Å². The zero-order valence-electron chi connectivity index (χ0n) is 15.8. The van der Waals surface area contributed by atoms with Crippen LogP contribution in [0.15, 0.2) is 67.3 Å². The number of hydrogen-bond donors (Lipinski definition) is 0. The van der Waals surface area contributed by atoms with Gasteiger partial charge in [0.2, 0.25) is 0 Å². The van der Waals surface area contributed by atoms with Crippen LogP contribution in [0.1, 0.15) is 18.2 Å². The van der Waals surface area contributed by atoms with Crippen LogP contribution in [0.5, 0.6) is 0 Å². The van der Waals surface area contributed by atoms with Crippen molar-refractivity contribution in [1.82, 2.24) is 14.6 Å². The summed E-state index contributed by atoms with van der Waals surface area (Å²) in [6.07, 6.45) is 3.17. The van der Waals surface area contributed by atoms with Crippen LogP contribution in [-0.4, -0.2) is 36.2 Å². The number of amides is 2. The Morgan fingerprint density at radius 1 is 0.968 bits per heavy atom. The number of anilines is 1. The van der Waals surface area contributed by atoms with Crippen molar-refractivity contribution in [2.45, 2.75) is 12.6 Å². The average molecular weight is 422 g/mol. The van der Waals surface area contributed by atoms with E-state index in [9.17, 15) is 29.8 Å². The maximum Gasteiger partial charge on any atom is 0.301 e. The first-order valence-corrected chi connectivity index (χ1v) is 8.98. The molecule has 1 aromatic heterocycles. The molecule has 31 heavy (non-hydrogen) atoms. The number of nitro groups is 2. The minimum atomic E-state index is -0.863. The topological polar surface area (TPSA) is 145 Å². The molecule has 1 unspecified atom stereocenters. The van der Waals surface area contributed by atoms with Gasteiger partial charge in [0.1, 0.15) is 12.1 Å². The summed E-state index contributed by atoms with van der Waals surface area (Å²) in [4.78, 5) is 50.8. The van der Waals surface area contributed by atoms with Gasteiger partial charge in [-0.25, -0.2) is 15.0 Å². The van der Waals surface area contributed by atoms with E-state index in [-0.39, 0.29) is 5.69 Å². The lowest BCUT2D eigenvalue weighted by Gasteiger charge is -2.35. The number of rotatable bonds is 6. The molecule has 0 spiro atoms. The molecule has 0 radical (unpaired) electrons. The molecule has 2 aromatic carbocycles. The first-order valence-electron chi connectivity index (χ1n) is 8.98. The molecule has 156 valence electrons. The molecule has 1 fully saturated rings. The minimum Gasteiger partial charge on any atom is -0.311 e. The molecule has 0 bridgehead atoms. The van der Waals surface area contributed by atoms with Crippen molar-refractivity contribution in [2.75, 3.05) is 5.01 Å². The minimum absolute atomic E-state index is 0.243. The second-order valence-electron chi connectivity index (χ2n) is 6.60. The third-order valence-corrected chi connectivity index (χ3v) is 4.74. The zero-order chi connectivity index (χ0) is 22.1. The van der Waals surface area contributed by atoms with E-state index in [4.69, 9.17) is 0 Å². The van der Waals surface area contributed by atoms with Crippen LogP contribution in [-0.2, 0) is 9.59 Å². The van der Waals surface area contributed by atoms with Gasteiger partial charge in [-0.3, -0.25) is 29.8 Å². The van der Waals surface area contributed by atoms with Crippen LogP contribution in [0.4, 0.5) is 17.1 Å². The van der Waals surface area contributed by atoms with E-state index in [1.165, 1.54) is 12.5 Å².